The number of benzene rings is 1. The van der Waals surface area contributed by atoms with Crippen molar-refractivity contribution in [3.8, 4) is 0 Å². The van der Waals surface area contributed by atoms with Crippen LogP contribution in [-0.4, -0.2) is 39.7 Å². The molecule has 0 aliphatic carbocycles. The number of ether oxygens (including phenoxy) is 1. The van der Waals surface area contributed by atoms with Crippen molar-refractivity contribution < 1.29 is 13.2 Å². The highest BCUT2D eigenvalue weighted by molar-refractivity contribution is 7.89. The molecule has 0 bridgehead atoms. The second kappa shape index (κ2) is 7.08. The predicted octanol–water partition coefficient (Wildman–Crippen LogP) is 1.40. The third kappa shape index (κ3) is 4.07. The molecular formula is C16H19N3O3S. The first-order valence-electron chi connectivity index (χ1n) is 7.47. The average molecular weight is 333 g/mol. The third-order valence-corrected chi connectivity index (χ3v) is 5.08. The lowest BCUT2D eigenvalue weighted by atomic mass is 10.3. The van der Waals surface area contributed by atoms with Crippen LogP contribution in [0, 0.1) is 0 Å². The van der Waals surface area contributed by atoms with Crippen LogP contribution in [-0.2, 0) is 21.3 Å². The van der Waals surface area contributed by atoms with E-state index in [0.29, 0.717) is 13.2 Å². The summed E-state index contributed by atoms with van der Waals surface area (Å²) in [7, 11) is -3.49. The van der Waals surface area contributed by atoms with Crippen molar-refractivity contribution in [3.05, 3.63) is 54.2 Å². The molecule has 2 heterocycles. The zero-order valence-electron chi connectivity index (χ0n) is 12.7. The molecule has 0 radical (unpaired) electrons. The Hall–Kier alpha value is -1.96. The van der Waals surface area contributed by atoms with Crippen molar-refractivity contribution in [1.29, 1.82) is 0 Å². The quantitative estimate of drug-likeness (QED) is 0.895. The number of sulfonamides is 1. The Morgan fingerprint density at radius 3 is 2.48 bits per heavy atom. The highest BCUT2D eigenvalue weighted by Crippen LogP contribution is 2.14. The summed E-state index contributed by atoms with van der Waals surface area (Å²) in [5, 5.41) is 0. The van der Waals surface area contributed by atoms with Crippen molar-refractivity contribution >= 4 is 15.8 Å². The molecule has 1 fully saturated rings. The van der Waals surface area contributed by atoms with E-state index in [0.717, 1.165) is 24.5 Å². The maximum atomic E-state index is 12.2. The number of pyridine rings is 1. The van der Waals surface area contributed by atoms with Crippen molar-refractivity contribution in [2.45, 2.75) is 11.4 Å². The molecule has 3 rings (SSSR count). The normalized spacial score (nSPS) is 15.6. The minimum absolute atomic E-state index is 0.216. The molecule has 0 unspecified atom stereocenters. The zero-order valence-corrected chi connectivity index (χ0v) is 13.5. The van der Waals surface area contributed by atoms with Gasteiger partial charge in [-0.25, -0.2) is 18.1 Å². The third-order valence-electron chi connectivity index (χ3n) is 3.66. The smallest absolute Gasteiger partial charge is 0.240 e. The first-order valence-corrected chi connectivity index (χ1v) is 8.96. The van der Waals surface area contributed by atoms with Gasteiger partial charge in [0.15, 0.2) is 0 Å². The van der Waals surface area contributed by atoms with Gasteiger partial charge in [-0.15, -0.1) is 0 Å². The van der Waals surface area contributed by atoms with E-state index >= 15 is 0 Å². The van der Waals surface area contributed by atoms with Crippen LogP contribution in [0.5, 0.6) is 0 Å². The molecule has 1 N–H and O–H groups in total. The van der Waals surface area contributed by atoms with Gasteiger partial charge in [-0.1, -0.05) is 24.3 Å². The lowest BCUT2D eigenvalue weighted by Gasteiger charge is -2.27. The first-order chi connectivity index (χ1) is 11.1. The number of nitrogens with one attached hydrogen (secondary N) is 1. The molecule has 23 heavy (non-hydrogen) atoms. The second-order valence-electron chi connectivity index (χ2n) is 5.26. The Kier molecular flexibility index (Phi) is 4.90. The summed E-state index contributed by atoms with van der Waals surface area (Å²) in [5.41, 5.74) is 0.821. The molecule has 0 spiro atoms. The van der Waals surface area contributed by atoms with E-state index < -0.39 is 10.0 Å². The number of anilines is 1. The van der Waals surface area contributed by atoms with E-state index in [2.05, 4.69) is 14.6 Å². The molecule has 1 saturated heterocycles. The van der Waals surface area contributed by atoms with Crippen molar-refractivity contribution in [2.75, 3.05) is 31.2 Å². The second-order valence-corrected chi connectivity index (χ2v) is 7.03. The largest absolute Gasteiger partial charge is 0.378 e. The molecule has 1 aromatic heterocycles. The minimum Gasteiger partial charge on any atom is -0.378 e. The highest BCUT2D eigenvalue weighted by Gasteiger charge is 2.14. The van der Waals surface area contributed by atoms with Crippen LogP contribution >= 0.6 is 0 Å². The number of hydrogen-bond acceptors (Lipinski definition) is 5. The van der Waals surface area contributed by atoms with Crippen molar-refractivity contribution in [2.24, 2.45) is 0 Å². The van der Waals surface area contributed by atoms with Gasteiger partial charge in [0.1, 0.15) is 5.82 Å². The zero-order chi connectivity index (χ0) is 16.1. The van der Waals surface area contributed by atoms with Gasteiger partial charge < -0.3 is 9.64 Å². The summed E-state index contributed by atoms with van der Waals surface area (Å²) in [6.45, 7) is 3.29. The van der Waals surface area contributed by atoms with Crippen LogP contribution in [0.1, 0.15) is 5.56 Å². The van der Waals surface area contributed by atoms with Crippen LogP contribution in [0.25, 0.3) is 0 Å². The molecule has 1 aliphatic rings. The standard InChI is InChI=1S/C16H19N3O3S/c20-23(21,15-4-2-1-3-5-15)18-13-14-6-7-16(17-12-14)19-8-10-22-11-9-19/h1-7,12,18H,8-11,13H2. The summed E-state index contributed by atoms with van der Waals surface area (Å²) >= 11 is 0. The fourth-order valence-electron chi connectivity index (χ4n) is 2.36. The van der Waals surface area contributed by atoms with Crippen molar-refractivity contribution in [3.63, 3.8) is 0 Å². The summed E-state index contributed by atoms with van der Waals surface area (Å²) in [6.07, 6.45) is 1.71. The van der Waals surface area contributed by atoms with Crippen LogP contribution in [0.2, 0.25) is 0 Å². The molecule has 6 nitrogen and oxygen atoms in total. The van der Waals surface area contributed by atoms with Gasteiger partial charge in [0.2, 0.25) is 10.0 Å². The molecular weight excluding hydrogens is 314 g/mol. The fourth-order valence-corrected chi connectivity index (χ4v) is 3.40. The van der Waals surface area contributed by atoms with E-state index in [9.17, 15) is 8.42 Å². The van der Waals surface area contributed by atoms with Gasteiger partial charge >= 0.3 is 0 Å². The van der Waals surface area contributed by atoms with E-state index in [1.165, 1.54) is 0 Å². The molecule has 0 amide bonds. The van der Waals surface area contributed by atoms with E-state index in [1.54, 1.807) is 36.5 Å². The Morgan fingerprint density at radius 2 is 1.83 bits per heavy atom. The minimum atomic E-state index is -3.49. The van der Waals surface area contributed by atoms with Crippen LogP contribution in [0.3, 0.4) is 0 Å². The summed E-state index contributed by atoms with van der Waals surface area (Å²) in [5.74, 6) is 0.892. The number of morpholine rings is 1. The number of rotatable bonds is 5. The summed E-state index contributed by atoms with van der Waals surface area (Å²) in [6, 6.07) is 12.1. The van der Waals surface area contributed by atoms with Gasteiger partial charge in [-0.05, 0) is 23.8 Å². The maximum absolute atomic E-state index is 12.2. The summed E-state index contributed by atoms with van der Waals surface area (Å²) < 4.78 is 32.2. The first kappa shape index (κ1) is 15.9. The summed E-state index contributed by atoms with van der Waals surface area (Å²) in [4.78, 5) is 6.83. The van der Waals surface area contributed by atoms with Crippen LogP contribution in [0.15, 0.2) is 53.6 Å². The highest BCUT2D eigenvalue weighted by atomic mass is 32.2. The lowest BCUT2D eigenvalue weighted by molar-refractivity contribution is 0.122. The molecule has 0 atom stereocenters. The van der Waals surface area contributed by atoms with E-state index in [4.69, 9.17) is 4.74 Å². The lowest BCUT2D eigenvalue weighted by Crippen LogP contribution is -2.36. The maximum Gasteiger partial charge on any atom is 0.240 e. The Bertz CT molecular complexity index is 727. The SMILES string of the molecule is O=S(=O)(NCc1ccc(N2CCOCC2)nc1)c1ccccc1. The van der Waals surface area contributed by atoms with Gasteiger partial charge in [-0.2, -0.15) is 0 Å². The van der Waals surface area contributed by atoms with Crippen LogP contribution < -0.4 is 9.62 Å². The Morgan fingerprint density at radius 1 is 1.09 bits per heavy atom. The Labute approximate surface area is 136 Å². The van der Waals surface area contributed by atoms with Gasteiger partial charge in [0, 0.05) is 25.8 Å². The molecule has 1 aromatic carbocycles. The van der Waals surface area contributed by atoms with E-state index in [-0.39, 0.29) is 11.4 Å². The molecule has 1 aliphatic heterocycles. The average Bonchev–Trinajstić information content (AvgIpc) is 2.62. The number of hydrogen-bond donors (Lipinski definition) is 1. The molecule has 7 heteroatoms. The number of aromatic nitrogens is 1. The van der Waals surface area contributed by atoms with Gasteiger partial charge in [-0.3, -0.25) is 0 Å². The van der Waals surface area contributed by atoms with Crippen molar-refractivity contribution in [1.82, 2.24) is 9.71 Å². The molecule has 0 saturated carbocycles. The topological polar surface area (TPSA) is 71.5 Å². The van der Waals surface area contributed by atoms with Crippen LogP contribution in [0.4, 0.5) is 5.82 Å². The molecule has 2 aromatic rings. The van der Waals surface area contributed by atoms with E-state index in [1.807, 2.05) is 12.1 Å². The monoisotopic (exact) mass is 333 g/mol. The van der Waals surface area contributed by atoms with Gasteiger partial charge in [0.05, 0.1) is 18.1 Å². The fraction of sp³-hybridized carbons (Fsp3) is 0.312. The predicted molar refractivity (Wildman–Crippen MR) is 87.7 cm³/mol. The molecule has 122 valence electrons. The van der Waals surface area contributed by atoms with Gasteiger partial charge in [0.25, 0.3) is 0 Å². The Balaban J connectivity index is 1.62. The number of nitrogens with zero attached hydrogens (tertiary/aromatic N) is 2.